The third-order valence-corrected chi connectivity index (χ3v) is 4.48. The zero-order valence-electron chi connectivity index (χ0n) is 11.8. The van der Waals surface area contributed by atoms with Crippen LogP contribution >= 0.6 is 0 Å². The van der Waals surface area contributed by atoms with Crippen molar-refractivity contribution in [3.8, 4) is 0 Å². The predicted octanol–water partition coefficient (Wildman–Crippen LogP) is 3.15. The monoisotopic (exact) mass is 258 g/mol. The van der Waals surface area contributed by atoms with Gasteiger partial charge in [-0.15, -0.1) is 0 Å². The smallest absolute Gasteiger partial charge is 0.109 e. The second-order valence-electron chi connectivity index (χ2n) is 5.69. The maximum absolute atomic E-state index is 9.61. The number of imidazole rings is 1. The predicted molar refractivity (Wildman–Crippen MR) is 77.3 cm³/mol. The van der Waals surface area contributed by atoms with E-state index >= 15 is 0 Å². The summed E-state index contributed by atoms with van der Waals surface area (Å²) >= 11 is 0. The Labute approximate surface area is 114 Å². The highest BCUT2D eigenvalue weighted by Gasteiger charge is 2.21. The Morgan fingerprint density at radius 1 is 1.26 bits per heavy atom. The molecule has 0 aliphatic heterocycles. The number of aliphatic hydroxyl groups is 1. The molecule has 0 spiro atoms. The second-order valence-corrected chi connectivity index (χ2v) is 5.69. The molecule has 1 aromatic heterocycles. The molecular weight excluding hydrogens is 236 g/mol. The Hall–Kier alpha value is -1.35. The van der Waals surface area contributed by atoms with E-state index in [-0.39, 0.29) is 6.10 Å². The van der Waals surface area contributed by atoms with Crippen LogP contribution in [0.2, 0.25) is 0 Å². The molecule has 3 rings (SSSR count). The van der Waals surface area contributed by atoms with E-state index in [0.717, 1.165) is 43.4 Å². The van der Waals surface area contributed by atoms with Gasteiger partial charge in [0.15, 0.2) is 0 Å². The molecule has 1 saturated carbocycles. The molecule has 1 aliphatic carbocycles. The van der Waals surface area contributed by atoms with Crippen LogP contribution in [0.3, 0.4) is 0 Å². The van der Waals surface area contributed by atoms with Crippen molar-refractivity contribution in [2.45, 2.75) is 51.0 Å². The molecule has 3 nitrogen and oxygen atoms in total. The van der Waals surface area contributed by atoms with Gasteiger partial charge in [-0.05, 0) is 49.3 Å². The molecule has 1 fully saturated rings. The molecular formula is C16H22N2O. The number of nitrogens with zero attached hydrogens (tertiary/aromatic N) is 2. The van der Waals surface area contributed by atoms with Gasteiger partial charge in [-0.2, -0.15) is 0 Å². The summed E-state index contributed by atoms with van der Waals surface area (Å²) in [5.41, 5.74) is 3.74. The summed E-state index contributed by atoms with van der Waals surface area (Å²) in [6, 6.07) is 6.66. The van der Waals surface area contributed by atoms with E-state index in [1.54, 1.807) is 0 Å². The summed E-state index contributed by atoms with van der Waals surface area (Å²) in [5, 5.41) is 9.61. The molecule has 0 bridgehead atoms. The highest BCUT2D eigenvalue weighted by Crippen LogP contribution is 2.34. The number of hydrogen-bond donors (Lipinski definition) is 1. The minimum Gasteiger partial charge on any atom is -0.393 e. The van der Waals surface area contributed by atoms with Crippen molar-refractivity contribution in [1.29, 1.82) is 0 Å². The van der Waals surface area contributed by atoms with Crippen molar-refractivity contribution in [3.05, 3.63) is 29.6 Å². The van der Waals surface area contributed by atoms with Crippen LogP contribution in [0.25, 0.3) is 11.0 Å². The molecule has 1 N–H and O–H groups in total. The van der Waals surface area contributed by atoms with Crippen molar-refractivity contribution in [3.63, 3.8) is 0 Å². The van der Waals surface area contributed by atoms with E-state index in [4.69, 9.17) is 0 Å². The number of benzene rings is 1. The number of hydrogen-bond acceptors (Lipinski definition) is 2. The van der Waals surface area contributed by atoms with E-state index in [0.29, 0.717) is 5.92 Å². The first-order chi connectivity index (χ1) is 9.19. The molecule has 19 heavy (non-hydrogen) atoms. The molecule has 0 saturated heterocycles. The SMILES string of the molecule is CCc1nc2ccc(C3CCC(O)CC3)cc2n1C. The van der Waals surface area contributed by atoms with E-state index in [9.17, 15) is 5.11 Å². The van der Waals surface area contributed by atoms with Gasteiger partial charge in [-0.25, -0.2) is 4.98 Å². The van der Waals surface area contributed by atoms with Crippen molar-refractivity contribution in [2.24, 2.45) is 7.05 Å². The fourth-order valence-electron chi connectivity index (χ4n) is 3.24. The molecule has 1 aromatic carbocycles. The average molecular weight is 258 g/mol. The standard InChI is InChI=1S/C16H22N2O/c1-3-16-17-14-9-6-12(10-15(14)18(16)2)11-4-7-13(19)8-5-11/h6,9-11,13,19H,3-5,7-8H2,1-2H3. The minimum absolute atomic E-state index is 0.0802. The lowest BCUT2D eigenvalue weighted by Gasteiger charge is -2.25. The molecule has 0 amide bonds. The van der Waals surface area contributed by atoms with Crippen LogP contribution in [0.15, 0.2) is 18.2 Å². The zero-order chi connectivity index (χ0) is 13.4. The van der Waals surface area contributed by atoms with Crippen LogP contribution in [0.1, 0.15) is 49.9 Å². The van der Waals surface area contributed by atoms with Gasteiger partial charge in [0.05, 0.1) is 17.1 Å². The third kappa shape index (κ3) is 2.27. The number of aliphatic hydroxyl groups excluding tert-OH is 1. The summed E-state index contributed by atoms with van der Waals surface area (Å²) in [7, 11) is 2.10. The van der Waals surface area contributed by atoms with Gasteiger partial charge in [0.1, 0.15) is 5.82 Å². The Morgan fingerprint density at radius 3 is 2.68 bits per heavy atom. The van der Waals surface area contributed by atoms with Gasteiger partial charge in [0.2, 0.25) is 0 Å². The normalized spacial score (nSPS) is 23.9. The summed E-state index contributed by atoms with van der Waals surface area (Å²) < 4.78 is 2.20. The van der Waals surface area contributed by atoms with E-state index in [1.165, 1.54) is 11.1 Å². The Morgan fingerprint density at radius 2 is 2.00 bits per heavy atom. The quantitative estimate of drug-likeness (QED) is 0.898. The summed E-state index contributed by atoms with van der Waals surface area (Å²) in [6.07, 6.45) is 4.97. The van der Waals surface area contributed by atoms with Crippen molar-refractivity contribution < 1.29 is 5.11 Å². The molecule has 3 heteroatoms. The molecule has 1 aliphatic rings. The van der Waals surface area contributed by atoms with Gasteiger partial charge in [0, 0.05) is 13.5 Å². The number of rotatable bonds is 2. The molecule has 1 heterocycles. The minimum atomic E-state index is -0.0802. The van der Waals surface area contributed by atoms with E-state index in [1.807, 2.05) is 0 Å². The zero-order valence-corrected chi connectivity index (χ0v) is 11.8. The van der Waals surface area contributed by atoms with Crippen LogP contribution in [0.4, 0.5) is 0 Å². The number of aryl methyl sites for hydroxylation is 2. The largest absolute Gasteiger partial charge is 0.393 e. The molecule has 2 aromatic rings. The van der Waals surface area contributed by atoms with Gasteiger partial charge < -0.3 is 9.67 Å². The average Bonchev–Trinajstić information content (AvgIpc) is 2.76. The highest BCUT2D eigenvalue weighted by molar-refractivity contribution is 5.77. The lowest BCUT2D eigenvalue weighted by Crippen LogP contribution is -2.16. The molecule has 0 atom stereocenters. The van der Waals surface area contributed by atoms with E-state index in [2.05, 4.69) is 41.7 Å². The maximum atomic E-state index is 9.61. The fourth-order valence-corrected chi connectivity index (χ4v) is 3.24. The first kappa shape index (κ1) is 12.7. The Balaban J connectivity index is 1.95. The topological polar surface area (TPSA) is 38.1 Å². The fraction of sp³-hybridized carbons (Fsp3) is 0.562. The first-order valence-corrected chi connectivity index (χ1v) is 7.32. The molecule has 102 valence electrons. The van der Waals surface area contributed by atoms with Crippen LogP contribution in [0, 0.1) is 0 Å². The number of aromatic nitrogens is 2. The Bertz CT molecular complexity index is 580. The maximum Gasteiger partial charge on any atom is 0.109 e. The van der Waals surface area contributed by atoms with Crippen LogP contribution in [-0.4, -0.2) is 20.8 Å². The van der Waals surface area contributed by atoms with Crippen LogP contribution < -0.4 is 0 Å². The third-order valence-electron chi connectivity index (χ3n) is 4.48. The molecule has 0 radical (unpaired) electrons. The summed E-state index contributed by atoms with van der Waals surface area (Å²) in [5.74, 6) is 1.75. The second kappa shape index (κ2) is 4.97. The highest BCUT2D eigenvalue weighted by atomic mass is 16.3. The summed E-state index contributed by atoms with van der Waals surface area (Å²) in [6.45, 7) is 2.14. The lowest BCUT2D eigenvalue weighted by atomic mass is 9.83. The number of fused-ring (bicyclic) bond motifs is 1. The lowest BCUT2D eigenvalue weighted by molar-refractivity contribution is 0.122. The van der Waals surface area contributed by atoms with Crippen molar-refractivity contribution in [1.82, 2.24) is 9.55 Å². The van der Waals surface area contributed by atoms with Crippen LogP contribution in [-0.2, 0) is 13.5 Å². The van der Waals surface area contributed by atoms with Gasteiger partial charge in [-0.1, -0.05) is 13.0 Å². The van der Waals surface area contributed by atoms with Crippen LogP contribution in [0.5, 0.6) is 0 Å². The first-order valence-electron chi connectivity index (χ1n) is 7.32. The van der Waals surface area contributed by atoms with E-state index < -0.39 is 0 Å². The van der Waals surface area contributed by atoms with Gasteiger partial charge in [-0.3, -0.25) is 0 Å². The summed E-state index contributed by atoms with van der Waals surface area (Å²) in [4.78, 5) is 4.65. The van der Waals surface area contributed by atoms with Gasteiger partial charge >= 0.3 is 0 Å². The van der Waals surface area contributed by atoms with Crippen molar-refractivity contribution >= 4 is 11.0 Å². The molecule has 0 unspecified atom stereocenters. The Kier molecular flexibility index (Phi) is 3.31. The van der Waals surface area contributed by atoms with Gasteiger partial charge in [0.25, 0.3) is 0 Å². The van der Waals surface area contributed by atoms with Crippen molar-refractivity contribution in [2.75, 3.05) is 0 Å².